The number of hydrogen-bond donors (Lipinski definition) is 3. The van der Waals surface area contributed by atoms with E-state index in [1.54, 1.807) is 0 Å². The molecule has 0 bridgehead atoms. The molecule has 3 atom stereocenters. The van der Waals surface area contributed by atoms with Crippen LogP contribution in [0, 0.1) is 0 Å². The summed E-state index contributed by atoms with van der Waals surface area (Å²) in [6.07, 6.45) is 1.84. The summed E-state index contributed by atoms with van der Waals surface area (Å²) < 4.78 is 0. The molecule has 6 nitrogen and oxygen atoms in total. The van der Waals surface area contributed by atoms with E-state index in [1.807, 2.05) is 29.3 Å². The van der Waals surface area contributed by atoms with Gasteiger partial charge < -0.3 is 0 Å². The second-order valence-electron chi connectivity index (χ2n) is 5.56. The second-order valence-corrected chi connectivity index (χ2v) is 6.49. The predicted octanol–water partition coefficient (Wildman–Crippen LogP) is 1.47. The molecule has 3 aliphatic heterocycles. The van der Waals surface area contributed by atoms with Gasteiger partial charge >= 0.3 is 0 Å². The molecule has 0 aromatic heterocycles. The van der Waals surface area contributed by atoms with Gasteiger partial charge in [-0.3, -0.25) is 15.3 Å². The lowest BCUT2D eigenvalue weighted by Crippen LogP contribution is -2.62. The van der Waals surface area contributed by atoms with Crippen molar-refractivity contribution < 1.29 is 0 Å². The van der Waals surface area contributed by atoms with Gasteiger partial charge in [0.25, 0.3) is 0 Å². The van der Waals surface area contributed by atoms with Gasteiger partial charge in [0, 0.05) is 10.6 Å². The lowest BCUT2D eigenvalue weighted by Gasteiger charge is -2.39. The van der Waals surface area contributed by atoms with E-state index in [1.165, 1.54) is 0 Å². The number of hydrogen-bond acceptors (Lipinski definition) is 6. The van der Waals surface area contributed by atoms with Gasteiger partial charge in [0.1, 0.15) is 6.54 Å². The van der Waals surface area contributed by atoms with Crippen LogP contribution in [0.3, 0.4) is 0 Å². The van der Waals surface area contributed by atoms with Gasteiger partial charge in [-0.05, 0) is 18.9 Å². The fourth-order valence-electron chi connectivity index (χ4n) is 3.24. The van der Waals surface area contributed by atoms with E-state index in [4.69, 9.17) is 28.2 Å². The number of hydrazine groups is 2. The van der Waals surface area contributed by atoms with Gasteiger partial charge in [0.15, 0.2) is 5.84 Å². The summed E-state index contributed by atoms with van der Waals surface area (Å²) >= 11 is 12.7. The fraction of sp³-hybridized carbons (Fsp3) is 0.429. The Morgan fingerprint density at radius 3 is 2.95 bits per heavy atom. The van der Waals surface area contributed by atoms with E-state index < -0.39 is 0 Å². The van der Waals surface area contributed by atoms with Crippen molar-refractivity contribution in [3.63, 3.8) is 0 Å². The molecule has 0 radical (unpaired) electrons. The van der Waals surface area contributed by atoms with Gasteiger partial charge in [0.2, 0.25) is 0 Å². The summed E-state index contributed by atoms with van der Waals surface area (Å²) in [7, 11) is 0. The Hall–Kier alpha value is -1.34. The third-order valence-electron chi connectivity index (χ3n) is 4.26. The molecule has 3 aliphatic rings. The average Bonchev–Trinajstić information content (AvgIpc) is 2.92. The topological polar surface area (TPSA) is 64.0 Å². The van der Waals surface area contributed by atoms with E-state index >= 15 is 0 Å². The molecule has 0 spiro atoms. The minimum Gasteiger partial charge on any atom is -0.291 e. The normalized spacial score (nSPS) is 30.6. The molecule has 1 aromatic carbocycles. The third-order valence-corrected chi connectivity index (χ3v) is 4.94. The lowest BCUT2D eigenvalue weighted by molar-refractivity contribution is 0.166. The first-order valence-electron chi connectivity index (χ1n) is 7.30. The third kappa shape index (κ3) is 2.36. The van der Waals surface area contributed by atoms with E-state index in [0.717, 1.165) is 30.0 Å². The largest absolute Gasteiger partial charge is 0.291 e. The smallest absolute Gasteiger partial charge is 0.164 e. The zero-order chi connectivity index (χ0) is 15.1. The maximum Gasteiger partial charge on any atom is 0.164 e. The van der Waals surface area contributed by atoms with Crippen molar-refractivity contribution in [2.24, 2.45) is 10.1 Å². The Labute approximate surface area is 138 Å². The fourth-order valence-corrected chi connectivity index (χ4v) is 3.73. The van der Waals surface area contributed by atoms with Crippen LogP contribution >= 0.6 is 23.2 Å². The summed E-state index contributed by atoms with van der Waals surface area (Å²) in [6, 6.07) is 7.97. The number of fused-ring (bicyclic) bond motifs is 3. The molecule has 0 aliphatic carbocycles. The molecule has 3 heterocycles. The highest BCUT2D eigenvalue weighted by molar-refractivity contribution is 6.34. The number of rotatable bonds is 1. The van der Waals surface area contributed by atoms with E-state index in [-0.39, 0.29) is 17.6 Å². The molecule has 1 aromatic rings. The van der Waals surface area contributed by atoms with Crippen LogP contribution in [0.5, 0.6) is 0 Å². The highest BCUT2D eigenvalue weighted by atomic mass is 35.5. The first-order valence-corrected chi connectivity index (χ1v) is 8.11. The summed E-state index contributed by atoms with van der Waals surface area (Å²) in [5.41, 5.74) is 7.73. The molecule has 3 N–H and O–H groups in total. The number of piperidine rings is 1. The van der Waals surface area contributed by atoms with Crippen LogP contribution in [0.25, 0.3) is 0 Å². The van der Waals surface area contributed by atoms with Crippen LogP contribution in [-0.2, 0) is 0 Å². The number of halogens is 2. The molecule has 4 rings (SSSR count). The van der Waals surface area contributed by atoms with Crippen LogP contribution in [0.15, 0.2) is 34.4 Å². The molecule has 22 heavy (non-hydrogen) atoms. The molecule has 1 fully saturated rings. The van der Waals surface area contributed by atoms with Gasteiger partial charge in [-0.15, -0.1) is 22.2 Å². The standard InChI is InChI=1S/C14H16Cl2N6/c15-9-4-2-1-3-8(9)13-14-10(5-6-11(16)18-14)22-12(7-17-13)19-20-21-22/h1-4,10-11,14,18,20-21H,5-7H2. The Morgan fingerprint density at radius 2 is 2.09 bits per heavy atom. The van der Waals surface area contributed by atoms with Gasteiger partial charge in [0.05, 0.1) is 23.3 Å². The zero-order valence-electron chi connectivity index (χ0n) is 11.8. The number of alkyl halides is 1. The lowest BCUT2D eigenvalue weighted by atomic mass is 9.90. The van der Waals surface area contributed by atoms with Crippen LogP contribution in [0.4, 0.5) is 0 Å². The quantitative estimate of drug-likeness (QED) is 0.536. The van der Waals surface area contributed by atoms with Crippen LogP contribution in [0.1, 0.15) is 18.4 Å². The number of nitrogens with zero attached hydrogens (tertiary/aromatic N) is 3. The van der Waals surface area contributed by atoms with E-state index in [2.05, 4.69) is 21.5 Å². The minimum absolute atomic E-state index is 0.00347. The van der Waals surface area contributed by atoms with Crippen molar-refractivity contribution in [2.75, 3.05) is 6.54 Å². The molecule has 0 amide bonds. The van der Waals surface area contributed by atoms with Gasteiger partial charge in [-0.25, -0.2) is 5.53 Å². The summed E-state index contributed by atoms with van der Waals surface area (Å²) in [6.45, 7) is 0.502. The predicted molar refractivity (Wildman–Crippen MR) is 88.0 cm³/mol. The van der Waals surface area contributed by atoms with Crippen LogP contribution in [0.2, 0.25) is 5.02 Å². The number of amidine groups is 1. The van der Waals surface area contributed by atoms with Gasteiger partial charge in [-0.2, -0.15) is 0 Å². The van der Waals surface area contributed by atoms with Crippen molar-refractivity contribution in [3.8, 4) is 0 Å². The maximum atomic E-state index is 6.39. The Balaban J connectivity index is 1.78. The average molecular weight is 339 g/mol. The number of hydrazone groups is 1. The zero-order valence-corrected chi connectivity index (χ0v) is 13.3. The van der Waals surface area contributed by atoms with Crippen molar-refractivity contribution in [1.29, 1.82) is 0 Å². The molecule has 0 saturated carbocycles. The second kappa shape index (κ2) is 5.70. The molecule has 1 saturated heterocycles. The van der Waals surface area contributed by atoms with E-state index in [0.29, 0.717) is 11.6 Å². The van der Waals surface area contributed by atoms with Crippen molar-refractivity contribution in [2.45, 2.75) is 30.4 Å². The highest BCUT2D eigenvalue weighted by Gasteiger charge is 2.41. The SMILES string of the molecule is Clc1ccccc1C1=NCC2=NNNN2C2CCC(Cl)NC12. The highest BCUT2D eigenvalue weighted by Crippen LogP contribution is 2.28. The Kier molecular flexibility index (Phi) is 3.69. The molecule has 116 valence electrons. The van der Waals surface area contributed by atoms with Crippen molar-refractivity contribution in [3.05, 3.63) is 34.9 Å². The Bertz CT molecular complexity index is 646. The number of aliphatic imine (C=N–C) groups is 1. The summed E-state index contributed by atoms with van der Waals surface area (Å²) in [5, 5.41) is 10.5. The first-order chi connectivity index (χ1) is 10.7. The van der Waals surface area contributed by atoms with Crippen molar-refractivity contribution >= 4 is 34.7 Å². The minimum atomic E-state index is -0.0667. The van der Waals surface area contributed by atoms with Gasteiger partial charge in [-0.1, -0.05) is 29.8 Å². The number of nitrogens with one attached hydrogen (secondary N) is 3. The van der Waals surface area contributed by atoms with E-state index in [9.17, 15) is 0 Å². The van der Waals surface area contributed by atoms with Crippen molar-refractivity contribution in [1.82, 2.24) is 21.4 Å². The summed E-state index contributed by atoms with van der Waals surface area (Å²) in [5.74, 6) is 0.881. The molecular formula is C14H16Cl2N6. The maximum absolute atomic E-state index is 6.39. The first kappa shape index (κ1) is 14.3. The molecule has 8 heteroatoms. The Morgan fingerprint density at radius 1 is 1.23 bits per heavy atom. The number of benzene rings is 1. The molecule has 3 unspecified atom stereocenters. The summed E-state index contributed by atoms with van der Waals surface area (Å²) in [4.78, 5) is 4.77. The monoisotopic (exact) mass is 338 g/mol. The van der Waals surface area contributed by atoms with Crippen LogP contribution in [-0.4, -0.2) is 40.7 Å². The molecular weight excluding hydrogens is 323 g/mol. The van der Waals surface area contributed by atoms with Crippen LogP contribution < -0.4 is 16.4 Å².